The summed E-state index contributed by atoms with van der Waals surface area (Å²) in [6.45, 7) is 5.44. The van der Waals surface area contributed by atoms with Crippen LogP contribution in [0.1, 0.15) is 25.3 Å². The van der Waals surface area contributed by atoms with Crippen LogP contribution in [0.15, 0.2) is 18.2 Å². The lowest BCUT2D eigenvalue weighted by Gasteiger charge is -2.14. The smallest absolute Gasteiger partial charge is 0.122 e. The molecule has 0 aliphatic carbocycles. The Morgan fingerprint density at radius 2 is 1.88 bits per heavy atom. The van der Waals surface area contributed by atoms with Gasteiger partial charge in [0.2, 0.25) is 0 Å². The predicted molar refractivity (Wildman–Crippen MR) is 64.5 cm³/mol. The lowest BCUT2D eigenvalue weighted by atomic mass is 10.0. The highest BCUT2D eigenvalue weighted by molar-refractivity contribution is 5.42. The fourth-order valence-corrected chi connectivity index (χ4v) is 1.50. The first kappa shape index (κ1) is 12.8. The van der Waals surface area contributed by atoms with E-state index in [4.69, 9.17) is 14.2 Å². The number of hydrogen-bond donors (Lipinski definition) is 0. The molecular weight excluding hydrogens is 204 g/mol. The van der Waals surface area contributed by atoms with Crippen molar-refractivity contribution in [2.75, 3.05) is 27.4 Å². The second-order valence-electron chi connectivity index (χ2n) is 3.90. The second kappa shape index (κ2) is 6.38. The molecule has 0 amide bonds. The highest BCUT2D eigenvalue weighted by atomic mass is 16.5. The third-order valence-corrected chi connectivity index (χ3v) is 2.38. The Balaban J connectivity index is 2.77. The zero-order valence-corrected chi connectivity index (χ0v) is 10.4. The van der Waals surface area contributed by atoms with Crippen molar-refractivity contribution < 1.29 is 14.2 Å². The van der Waals surface area contributed by atoms with Crippen LogP contribution in [0.5, 0.6) is 11.5 Å². The van der Waals surface area contributed by atoms with E-state index in [1.807, 2.05) is 18.2 Å². The summed E-state index contributed by atoms with van der Waals surface area (Å²) in [6.07, 6.45) is 0. The minimum atomic E-state index is 0.418. The van der Waals surface area contributed by atoms with E-state index in [9.17, 15) is 0 Å². The molecule has 1 aromatic carbocycles. The van der Waals surface area contributed by atoms with E-state index < -0.39 is 0 Å². The summed E-state index contributed by atoms with van der Waals surface area (Å²) in [4.78, 5) is 0. The van der Waals surface area contributed by atoms with Crippen molar-refractivity contribution in [2.45, 2.75) is 19.8 Å². The fraction of sp³-hybridized carbons (Fsp3) is 0.538. The molecule has 3 heteroatoms. The molecule has 0 aliphatic heterocycles. The molecule has 0 aliphatic rings. The molecule has 0 N–H and O–H groups in total. The zero-order valence-electron chi connectivity index (χ0n) is 10.4. The Morgan fingerprint density at radius 1 is 1.12 bits per heavy atom. The van der Waals surface area contributed by atoms with Crippen molar-refractivity contribution >= 4 is 0 Å². The van der Waals surface area contributed by atoms with E-state index in [2.05, 4.69) is 13.8 Å². The topological polar surface area (TPSA) is 27.7 Å². The number of benzene rings is 1. The third-order valence-electron chi connectivity index (χ3n) is 2.38. The Labute approximate surface area is 97.3 Å². The summed E-state index contributed by atoms with van der Waals surface area (Å²) in [5, 5.41) is 0. The molecule has 0 heterocycles. The lowest BCUT2D eigenvalue weighted by molar-refractivity contribution is 0.146. The maximum atomic E-state index is 5.56. The van der Waals surface area contributed by atoms with Gasteiger partial charge in [-0.2, -0.15) is 0 Å². The Morgan fingerprint density at radius 3 is 2.44 bits per heavy atom. The standard InChI is InChI=1S/C13H20O3/c1-10(2)12-9-11(16-8-7-14-3)5-6-13(12)15-4/h5-6,9-10H,7-8H2,1-4H3. The average molecular weight is 224 g/mol. The molecule has 0 atom stereocenters. The Hall–Kier alpha value is -1.22. The summed E-state index contributed by atoms with van der Waals surface area (Å²) in [6, 6.07) is 5.89. The molecule has 0 saturated heterocycles. The van der Waals surface area contributed by atoms with Crippen molar-refractivity contribution in [3.8, 4) is 11.5 Å². The monoisotopic (exact) mass is 224 g/mol. The van der Waals surface area contributed by atoms with Gasteiger partial charge in [-0.3, -0.25) is 0 Å². The van der Waals surface area contributed by atoms with Crippen molar-refractivity contribution in [1.82, 2.24) is 0 Å². The van der Waals surface area contributed by atoms with Gasteiger partial charge in [0.1, 0.15) is 18.1 Å². The van der Waals surface area contributed by atoms with Crippen LogP contribution in [-0.4, -0.2) is 27.4 Å². The Kier molecular flexibility index (Phi) is 5.12. The van der Waals surface area contributed by atoms with E-state index >= 15 is 0 Å². The molecule has 0 spiro atoms. The first-order valence-corrected chi connectivity index (χ1v) is 5.48. The lowest BCUT2D eigenvalue weighted by Crippen LogP contribution is -2.05. The van der Waals surface area contributed by atoms with Gasteiger partial charge in [0.25, 0.3) is 0 Å². The van der Waals surface area contributed by atoms with Crippen LogP contribution in [0, 0.1) is 0 Å². The van der Waals surface area contributed by atoms with Crippen molar-refractivity contribution in [3.63, 3.8) is 0 Å². The number of ether oxygens (including phenoxy) is 3. The van der Waals surface area contributed by atoms with Gasteiger partial charge in [-0.1, -0.05) is 13.8 Å². The van der Waals surface area contributed by atoms with Gasteiger partial charge in [-0.05, 0) is 24.1 Å². The number of hydrogen-bond acceptors (Lipinski definition) is 3. The van der Waals surface area contributed by atoms with Crippen LogP contribution in [0.2, 0.25) is 0 Å². The van der Waals surface area contributed by atoms with Gasteiger partial charge < -0.3 is 14.2 Å². The number of rotatable bonds is 6. The van der Waals surface area contributed by atoms with Crippen molar-refractivity contribution in [1.29, 1.82) is 0 Å². The average Bonchev–Trinajstić information content (AvgIpc) is 2.29. The van der Waals surface area contributed by atoms with Gasteiger partial charge in [-0.25, -0.2) is 0 Å². The maximum absolute atomic E-state index is 5.56. The van der Waals surface area contributed by atoms with Gasteiger partial charge >= 0.3 is 0 Å². The molecule has 0 saturated carbocycles. The van der Waals surface area contributed by atoms with Crippen LogP contribution in [-0.2, 0) is 4.74 Å². The molecule has 0 radical (unpaired) electrons. The molecule has 0 unspecified atom stereocenters. The number of methoxy groups -OCH3 is 2. The van der Waals surface area contributed by atoms with Crippen LogP contribution in [0.25, 0.3) is 0 Å². The molecular formula is C13H20O3. The quantitative estimate of drug-likeness (QED) is 0.695. The van der Waals surface area contributed by atoms with Crippen LogP contribution < -0.4 is 9.47 Å². The summed E-state index contributed by atoms with van der Waals surface area (Å²) >= 11 is 0. The highest BCUT2D eigenvalue weighted by Gasteiger charge is 2.08. The highest BCUT2D eigenvalue weighted by Crippen LogP contribution is 2.30. The molecule has 0 bridgehead atoms. The maximum Gasteiger partial charge on any atom is 0.122 e. The summed E-state index contributed by atoms with van der Waals surface area (Å²) < 4.78 is 15.8. The van der Waals surface area contributed by atoms with Gasteiger partial charge in [0.15, 0.2) is 0 Å². The van der Waals surface area contributed by atoms with Crippen LogP contribution in [0.3, 0.4) is 0 Å². The first-order chi connectivity index (χ1) is 7.69. The minimum absolute atomic E-state index is 0.418. The molecule has 3 nitrogen and oxygen atoms in total. The van der Waals surface area contributed by atoms with E-state index in [1.165, 1.54) is 0 Å². The van der Waals surface area contributed by atoms with Crippen LogP contribution in [0.4, 0.5) is 0 Å². The molecule has 0 fully saturated rings. The molecule has 90 valence electrons. The normalized spacial score (nSPS) is 10.6. The van der Waals surface area contributed by atoms with Gasteiger partial charge in [0, 0.05) is 12.7 Å². The van der Waals surface area contributed by atoms with Crippen LogP contribution >= 0.6 is 0 Å². The van der Waals surface area contributed by atoms with E-state index in [1.54, 1.807) is 14.2 Å². The van der Waals surface area contributed by atoms with E-state index in [-0.39, 0.29) is 0 Å². The fourth-order valence-electron chi connectivity index (χ4n) is 1.50. The Bertz CT molecular complexity index is 321. The van der Waals surface area contributed by atoms with E-state index in [0.717, 1.165) is 17.1 Å². The second-order valence-corrected chi connectivity index (χ2v) is 3.90. The van der Waals surface area contributed by atoms with Crippen molar-refractivity contribution in [3.05, 3.63) is 23.8 Å². The minimum Gasteiger partial charge on any atom is -0.496 e. The molecule has 16 heavy (non-hydrogen) atoms. The third kappa shape index (κ3) is 3.42. The summed E-state index contributed by atoms with van der Waals surface area (Å²) in [5.74, 6) is 2.19. The SMILES string of the molecule is COCCOc1ccc(OC)c(C(C)C)c1. The summed E-state index contributed by atoms with van der Waals surface area (Å²) in [7, 11) is 3.35. The predicted octanol–water partition coefficient (Wildman–Crippen LogP) is 2.84. The first-order valence-electron chi connectivity index (χ1n) is 5.48. The van der Waals surface area contributed by atoms with E-state index in [0.29, 0.717) is 19.1 Å². The largest absolute Gasteiger partial charge is 0.496 e. The van der Waals surface area contributed by atoms with Crippen molar-refractivity contribution in [2.24, 2.45) is 0 Å². The van der Waals surface area contributed by atoms with Gasteiger partial charge in [0.05, 0.1) is 13.7 Å². The molecule has 1 aromatic rings. The molecule has 1 rings (SSSR count). The molecule has 0 aromatic heterocycles. The van der Waals surface area contributed by atoms with Gasteiger partial charge in [-0.15, -0.1) is 0 Å². The zero-order chi connectivity index (χ0) is 12.0. The summed E-state index contributed by atoms with van der Waals surface area (Å²) in [5.41, 5.74) is 1.16.